The zero-order chi connectivity index (χ0) is 23.0. The molecule has 0 unspecified atom stereocenters. The number of benzene rings is 2. The van der Waals surface area contributed by atoms with Crippen molar-refractivity contribution in [2.24, 2.45) is 0 Å². The Kier molecular flexibility index (Phi) is 5.50. The molecule has 9 heteroatoms. The molecule has 32 heavy (non-hydrogen) atoms. The summed E-state index contributed by atoms with van der Waals surface area (Å²) in [5, 5.41) is 5.08. The molecule has 0 radical (unpaired) electrons. The Labute approximate surface area is 182 Å². The van der Waals surface area contributed by atoms with Gasteiger partial charge in [0.1, 0.15) is 5.69 Å². The summed E-state index contributed by atoms with van der Waals surface area (Å²) in [4.78, 5) is 21.6. The quantitative estimate of drug-likeness (QED) is 0.463. The second kappa shape index (κ2) is 8.14. The second-order valence-electron chi connectivity index (χ2n) is 7.74. The maximum Gasteiger partial charge on any atom is 0.416 e. The van der Waals surface area contributed by atoms with Crippen molar-refractivity contribution in [3.63, 3.8) is 0 Å². The van der Waals surface area contributed by atoms with E-state index in [0.29, 0.717) is 18.1 Å². The summed E-state index contributed by atoms with van der Waals surface area (Å²) >= 11 is 0. The minimum atomic E-state index is -4.44. The first-order valence-electron chi connectivity index (χ1n) is 9.98. The van der Waals surface area contributed by atoms with Gasteiger partial charge >= 0.3 is 6.18 Å². The van der Waals surface area contributed by atoms with E-state index in [1.165, 1.54) is 17.0 Å². The zero-order valence-electron chi connectivity index (χ0n) is 17.7. The van der Waals surface area contributed by atoms with Crippen molar-refractivity contribution in [2.45, 2.75) is 26.4 Å². The lowest BCUT2D eigenvalue weighted by Gasteiger charge is -2.16. The van der Waals surface area contributed by atoms with E-state index in [1.807, 2.05) is 26.0 Å². The van der Waals surface area contributed by atoms with E-state index in [9.17, 15) is 18.0 Å². The highest BCUT2D eigenvalue weighted by atomic mass is 19.4. The number of H-pyrrole nitrogens is 1. The monoisotopic (exact) mass is 442 g/mol. The molecule has 0 saturated carbocycles. The number of nitrogens with one attached hydrogen (secondary N) is 1. The molecule has 0 saturated heterocycles. The predicted molar refractivity (Wildman–Crippen MR) is 113 cm³/mol. The van der Waals surface area contributed by atoms with Crippen LogP contribution in [0.1, 0.15) is 32.9 Å². The first kappa shape index (κ1) is 21.6. The van der Waals surface area contributed by atoms with Gasteiger partial charge in [-0.1, -0.05) is 16.8 Å². The van der Waals surface area contributed by atoms with Crippen LogP contribution in [0.3, 0.4) is 0 Å². The van der Waals surface area contributed by atoms with Crippen LogP contribution in [-0.2, 0) is 12.6 Å². The van der Waals surface area contributed by atoms with Gasteiger partial charge in [-0.2, -0.15) is 18.2 Å². The smallest absolute Gasteiger partial charge is 0.350 e. The first-order chi connectivity index (χ1) is 15.1. The van der Waals surface area contributed by atoms with Gasteiger partial charge in [0.05, 0.1) is 5.56 Å². The van der Waals surface area contributed by atoms with Crippen molar-refractivity contribution in [1.29, 1.82) is 0 Å². The van der Waals surface area contributed by atoms with E-state index in [0.717, 1.165) is 39.9 Å². The van der Waals surface area contributed by atoms with E-state index < -0.39 is 11.7 Å². The summed E-state index contributed by atoms with van der Waals surface area (Å²) in [5.41, 5.74) is 3.27. The number of halogens is 3. The molecule has 4 aromatic rings. The standard InChI is InChI=1S/C23H21F3N4O2/c1-13-4-9-18-17(12-13)14(2)20(27-18)21-28-19(29-32-21)10-11-30(3)22(31)15-5-7-16(8-6-15)23(24,25)26/h4-9,12,27H,10-11H2,1-3H3. The summed E-state index contributed by atoms with van der Waals surface area (Å²) in [5.74, 6) is 0.411. The summed E-state index contributed by atoms with van der Waals surface area (Å²) in [6, 6.07) is 10.3. The highest BCUT2D eigenvalue weighted by Gasteiger charge is 2.30. The number of carbonyl (C=O) groups is 1. The number of rotatable bonds is 5. The fourth-order valence-electron chi connectivity index (χ4n) is 3.50. The number of hydrogen-bond donors (Lipinski definition) is 1. The van der Waals surface area contributed by atoms with Crippen LogP contribution in [0.25, 0.3) is 22.5 Å². The van der Waals surface area contributed by atoms with Crippen LogP contribution in [0.4, 0.5) is 13.2 Å². The highest BCUT2D eigenvalue weighted by molar-refractivity contribution is 5.94. The molecule has 1 N–H and O–H groups in total. The van der Waals surface area contributed by atoms with Crippen LogP contribution in [0.15, 0.2) is 47.0 Å². The zero-order valence-corrected chi connectivity index (χ0v) is 17.7. The van der Waals surface area contributed by atoms with Crippen LogP contribution in [-0.4, -0.2) is 39.5 Å². The fraction of sp³-hybridized carbons (Fsp3) is 0.261. The van der Waals surface area contributed by atoms with Crippen molar-refractivity contribution in [3.8, 4) is 11.6 Å². The molecule has 0 aliphatic carbocycles. The van der Waals surface area contributed by atoms with E-state index in [2.05, 4.69) is 21.2 Å². The molecule has 0 aliphatic rings. The number of alkyl halides is 3. The maximum absolute atomic E-state index is 12.7. The number of nitrogens with zero attached hydrogens (tertiary/aromatic N) is 3. The number of carbonyl (C=O) groups excluding carboxylic acids is 1. The molecule has 0 fully saturated rings. The maximum atomic E-state index is 12.7. The lowest BCUT2D eigenvalue weighted by molar-refractivity contribution is -0.137. The van der Waals surface area contributed by atoms with Crippen LogP contribution in [0, 0.1) is 13.8 Å². The minimum Gasteiger partial charge on any atom is -0.350 e. The summed E-state index contributed by atoms with van der Waals surface area (Å²) in [7, 11) is 1.57. The molecule has 1 amide bonds. The van der Waals surface area contributed by atoms with Gasteiger partial charge in [0, 0.05) is 36.5 Å². The fourth-order valence-corrected chi connectivity index (χ4v) is 3.50. The second-order valence-corrected chi connectivity index (χ2v) is 7.74. The van der Waals surface area contributed by atoms with Gasteiger partial charge < -0.3 is 14.4 Å². The SMILES string of the molecule is Cc1ccc2[nH]c(-c3nc(CCN(C)C(=O)c4ccc(C(F)(F)F)cc4)no3)c(C)c2c1. The molecule has 6 nitrogen and oxygen atoms in total. The van der Waals surface area contributed by atoms with Crippen molar-refractivity contribution in [3.05, 3.63) is 70.5 Å². The molecule has 2 aromatic carbocycles. The van der Waals surface area contributed by atoms with E-state index in [1.54, 1.807) is 7.05 Å². The highest BCUT2D eigenvalue weighted by Crippen LogP contribution is 2.30. The average molecular weight is 442 g/mol. The van der Waals surface area contributed by atoms with Gasteiger partial charge in [-0.15, -0.1) is 0 Å². The van der Waals surface area contributed by atoms with Gasteiger partial charge in [0.25, 0.3) is 11.8 Å². The van der Waals surface area contributed by atoms with E-state index in [-0.39, 0.29) is 18.0 Å². The lowest BCUT2D eigenvalue weighted by Crippen LogP contribution is -2.29. The van der Waals surface area contributed by atoms with Crippen molar-refractivity contribution < 1.29 is 22.5 Å². The molecular weight excluding hydrogens is 421 g/mol. The van der Waals surface area contributed by atoms with Crippen molar-refractivity contribution in [1.82, 2.24) is 20.0 Å². The third kappa shape index (κ3) is 4.23. The van der Waals surface area contributed by atoms with Gasteiger partial charge in [0.15, 0.2) is 5.82 Å². The molecule has 2 heterocycles. The summed E-state index contributed by atoms with van der Waals surface area (Å²) < 4.78 is 43.5. The molecular formula is C23H21F3N4O2. The Morgan fingerprint density at radius 1 is 1.12 bits per heavy atom. The third-order valence-electron chi connectivity index (χ3n) is 5.37. The van der Waals surface area contributed by atoms with Gasteiger partial charge in [-0.25, -0.2) is 0 Å². The molecule has 2 aromatic heterocycles. The number of likely N-dealkylation sites (N-methyl/N-ethyl adjacent to an activating group) is 1. The molecule has 0 aliphatic heterocycles. The number of aromatic nitrogens is 3. The van der Waals surface area contributed by atoms with E-state index >= 15 is 0 Å². The van der Waals surface area contributed by atoms with Crippen LogP contribution in [0.5, 0.6) is 0 Å². The number of fused-ring (bicyclic) bond motifs is 1. The van der Waals surface area contributed by atoms with Gasteiger partial charge in [-0.05, 0) is 55.8 Å². The van der Waals surface area contributed by atoms with Crippen LogP contribution in [0.2, 0.25) is 0 Å². The average Bonchev–Trinajstić information content (AvgIpc) is 3.35. The molecule has 0 spiro atoms. The Morgan fingerprint density at radius 2 is 1.84 bits per heavy atom. The molecule has 166 valence electrons. The number of aromatic amines is 1. The first-order valence-corrected chi connectivity index (χ1v) is 9.98. The van der Waals surface area contributed by atoms with Crippen molar-refractivity contribution >= 4 is 16.8 Å². The van der Waals surface area contributed by atoms with Crippen molar-refractivity contribution in [2.75, 3.05) is 13.6 Å². The Hall–Kier alpha value is -3.62. The Morgan fingerprint density at radius 3 is 2.53 bits per heavy atom. The molecule has 0 atom stereocenters. The number of aryl methyl sites for hydroxylation is 2. The molecule has 0 bridgehead atoms. The Balaban J connectivity index is 1.43. The van der Waals surface area contributed by atoms with Crippen LogP contribution < -0.4 is 0 Å². The lowest BCUT2D eigenvalue weighted by atomic mass is 10.1. The minimum absolute atomic E-state index is 0.179. The van der Waals surface area contributed by atoms with Gasteiger partial charge in [0.2, 0.25) is 0 Å². The van der Waals surface area contributed by atoms with Crippen LogP contribution >= 0.6 is 0 Å². The summed E-state index contributed by atoms with van der Waals surface area (Å²) in [6.45, 7) is 4.29. The topological polar surface area (TPSA) is 75.0 Å². The van der Waals surface area contributed by atoms with Gasteiger partial charge in [-0.3, -0.25) is 4.79 Å². The normalized spacial score (nSPS) is 11.8. The van der Waals surface area contributed by atoms with E-state index in [4.69, 9.17) is 4.52 Å². The number of amides is 1. The predicted octanol–water partition coefficient (Wildman–Crippen LogP) is 5.17. The Bertz CT molecular complexity index is 1270. The largest absolute Gasteiger partial charge is 0.416 e. The number of hydrogen-bond acceptors (Lipinski definition) is 4. The summed E-state index contributed by atoms with van der Waals surface area (Å²) in [6.07, 6.45) is -4.10. The molecule has 4 rings (SSSR count). The third-order valence-corrected chi connectivity index (χ3v) is 5.37.